The Morgan fingerprint density at radius 1 is 1.24 bits per heavy atom. The number of amides is 1. The molecule has 29 heavy (non-hydrogen) atoms. The van der Waals surface area contributed by atoms with Crippen LogP contribution in [0.3, 0.4) is 0 Å². The standard InChI is InChI=1S/C20H33N3O5S/c1-5-23(6-2)29(26,27)17-12-18(22(4)14-17)20(25)28-15(3)19(24)21-13-16-10-8-7-9-11-16/h12,14-16H,5-11,13H2,1-4H3,(H,21,24). The molecule has 8 nitrogen and oxygen atoms in total. The van der Waals surface area contributed by atoms with Gasteiger partial charge in [-0.2, -0.15) is 4.31 Å². The lowest BCUT2D eigenvalue weighted by Crippen LogP contribution is -2.39. The highest BCUT2D eigenvalue weighted by molar-refractivity contribution is 7.89. The lowest BCUT2D eigenvalue weighted by molar-refractivity contribution is -0.129. The Morgan fingerprint density at radius 2 is 1.86 bits per heavy atom. The van der Waals surface area contributed by atoms with E-state index in [0.29, 0.717) is 25.6 Å². The number of nitrogens with zero attached hydrogens (tertiary/aromatic N) is 2. The molecule has 1 N–H and O–H groups in total. The van der Waals surface area contributed by atoms with E-state index in [1.54, 1.807) is 20.9 Å². The first-order valence-electron chi connectivity index (χ1n) is 10.4. The van der Waals surface area contributed by atoms with Crippen LogP contribution < -0.4 is 5.32 Å². The Hall–Kier alpha value is -1.87. The molecule has 1 aromatic heterocycles. The SMILES string of the molecule is CCN(CC)S(=O)(=O)c1cc(C(=O)OC(C)C(=O)NCC2CCCCC2)n(C)c1. The number of aromatic nitrogens is 1. The Morgan fingerprint density at radius 3 is 2.45 bits per heavy atom. The molecule has 0 spiro atoms. The first-order valence-corrected chi connectivity index (χ1v) is 11.8. The van der Waals surface area contributed by atoms with Gasteiger partial charge < -0.3 is 14.6 Å². The van der Waals surface area contributed by atoms with E-state index in [9.17, 15) is 18.0 Å². The number of carbonyl (C=O) groups is 2. The van der Waals surface area contributed by atoms with Gasteiger partial charge in [0.2, 0.25) is 10.0 Å². The maximum Gasteiger partial charge on any atom is 0.355 e. The quantitative estimate of drug-likeness (QED) is 0.610. The first-order chi connectivity index (χ1) is 13.7. The molecule has 1 amide bonds. The number of hydrogen-bond acceptors (Lipinski definition) is 5. The number of sulfonamides is 1. The highest BCUT2D eigenvalue weighted by Gasteiger charge is 2.27. The van der Waals surface area contributed by atoms with E-state index in [0.717, 1.165) is 12.8 Å². The van der Waals surface area contributed by atoms with Crippen molar-refractivity contribution in [1.82, 2.24) is 14.2 Å². The van der Waals surface area contributed by atoms with Crippen LogP contribution in [0, 0.1) is 5.92 Å². The van der Waals surface area contributed by atoms with Gasteiger partial charge in [-0.05, 0) is 31.7 Å². The summed E-state index contributed by atoms with van der Waals surface area (Å²) >= 11 is 0. The van der Waals surface area contributed by atoms with Gasteiger partial charge in [-0.3, -0.25) is 4.79 Å². The normalized spacial score (nSPS) is 16.6. The van der Waals surface area contributed by atoms with Crippen LogP contribution >= 0.6 is 0 Å². The van der Waals surface area contributed by atoms with E-state index < -0.39 is 22.1 Å². The molecule has 1 atom stereocenters. The summed E-state index contributed by atoms with van der Waals surface area (Å²) in [6.45, 7) is 6.30. The zero-order chi connectivity index (χ0) is 21.6. The number of esters is 1. The zero-order valence-electron chi connectivity index (χ0n) is 17.8. The predicted octanol–water partition coefficient (Wildman–Crippen LogP) is 2.30. The van der Waals surface area contributed by atoms with Crippen LogP contribution in [0.25, 0.3) is 0 Å². The summed E-state index contributed by atoms with van der Waals surface area (Å²) in [6.07, 6.45) is 6.29. The van der Waals surface area contributed by atoms with Gasteiger partial charge in [0, 0.05) is 32.9 Å². The summed E-state index contributed by atoms with van der Waals surface area (Å²) in [6, 6.07) is 1.29. The van der Waals surface area contributed by atoms with Crippen molar-refractivity contribution >= 4 is 21.9 Å². The third kappa shape index (κ3) is 5.82. The molecule has 0 saturated heterocycles. The molecule has 1 saturated carbocycles. The fraction of sp³-hybridized carbons (Fsp3) is 0.700. The number of hydrogen-bond donors (Lipinski definition) is 1. The van der Waals surface area contributed by atoms with Gasteiger partial charge in [0.15, 0.2) is 6.10 Å². The fourth-order valence-electron chi connectivity index (χ4n) is 3.65. The summed E-state index contributed by atoms with van der Waals surface area (Å²) < 4.78 is 33.3. The second-order valence-electron chi connectivity index (χ2n) is 7.56. The molecule has 0 aromatic carbocycles. The van der Waals surface area contributed by atoms with E-state index >= 15 is 0 Å². The van der Waals surface area contributed by atoms with E-state index in [-0.39, 0.29) is 16.5 Å². The second kappa shape index (κ2) is 10.2. The molecule has 0 bridgehead atoms. The van der Waals surface area contributed by atoms with Crippen LogP contribution in [-0.2, 0) is 26.6 Å². The molecule has 0 aliphatic heterocycles. The van der Waals surface area contributed by atoms with Crippen molar-refractivity contribution in [3.63, 3.8) is 0 Å². The van der Waals surface area contributed by atoms with Crippen LogP contribution in [0.1, 0.15) is 63.4 Å². The molecule has 1 aliphatic carbocycles. The van der Waals surface area contributed by atoms with Crippen LogP contribution in [0.2, 0.25) is 0 Å². The number of aryl methyl sites for hydroxylation is 1. The molecule has 164 valence electrons. The van der Waals surface area contributed by atoms with Gasteiger partial charge in [0.05, 0.1) is 0 Å². The van der Waals surface area contributed by atoms with Crippen molar-refractivity contribution in [2.75, 3.05) is 19.6 Å². The van der Waals surface area contributed by atoms with Crippen molar-refractivity contribution in [1.29, 1.82) is 0 Å². The summed E-state index contributed by atoms with van der Waals surface area (Å²) in [5.41, 5.74) is 0.0858. The van der Waals surface area contributed by atoms with Gasteiger partial charge in [0.25, 0.3) is 5.91 Å². The number of ether oxygens (including phenoxy) is 1. The van der Waals surface area contributed by atoms with Gasteiger partial charge >= 0.3 is 5.97 Å². The molecule has 1 aliphatic rings. The topological polar surface area (TPSA) is 97.7 Å². The monoisotopic (exact) mass is 427 g/mol. The lowest BCUT2D eigenvalue weighted by atomic mass is 9.89. The third-order valence-corrected chi connectivity index (χ3v) is 7.49. The average Bonchev–Trinajstić information content (AvgIpc) is 3.10. The maximum atomic E-state index is 12.6. The maximum absolute atomic E-state index is 12.6. The lowest BCUT2D eigenvalue weighted by Gasteiger charge is -2.22. The van der Waals surface area contributed by atoms with Crippen molar-refractivity contribution < 1.29 is 22.7 Å². The summed E-state index contributed by atoms with van der Waals surface area (Å²) in [4.78, 5) is 24.8. The molecule has 1 aromatic rings. The molecule has 2 rings (SSSR count). The first kappa shape index (κ1) is 23.4. The van der Waals surface area contributed by atoms with E-state index in [1.807, 2.05) is 0 Å². The van der Waals surface area contributed by atoms with Crippen molar-refractivity contribution in [3.05, 3.63) is 18.0 Å². The van der Waals surface area contributed by atoms with Gasteiger partial charge in [-0.1, -0.05) is 33.1 Å². The summed E-state index contributed by atoms with van der Waals surface area (Å²) in [5, 5.41) is 2.86. The Bertz CT molecular complexity index is 808. The minimum Gasteiger partial charge on any atom is -0.448 e. The smallest absolute Gasteiger partial charge is 0.355 e. The second-order valence-corrected chi connectivity index (χ2v) is 9.50. The molecular formula is C20H33N3O5S. The van der Waals surface area contributed by atoms with Gasteiger partial charge in [-0.25, -0.2) is 13.2 Å². The summed E-state index contributed by atoms with van der Waals surface area (Å²) in [7, 11) is -2.10. The fourth-order valence-corrected chi connectivity index (χ4v) is 5.18. The molecule has 0 radical (unpaired) electrons. The Labute approximate surface area is 173 Å². The van der Waals surface area contributed by atoms with Crippen molar-refractivity contribution in [2.24, 2.45) is 13.0 Å². The molecular weight excluding hydrogens is 394 g/mol. The highest BCUT2D eigenvalue weighted by atomic mass is 32.2. The minimum absolute atomic E-state index is 0.0325. The summed E-state index contributed by atoms with van der Waals surface area (Å²) in [5.74, 6) is -0.584. The van der Waals surface area contributed by atoms with E-state index in [2.05, 4.69) is 5.32 Å². The number of nitrogens with one attached hydrogen (secondary N) is 1. The highest BCUT2D eigenvalue weighted by Crippen LogP contribution is 2.23. The molecule has 1 unspecified atom stereocenters. The average molecular weight is 428 g/mol. The van der Waals surface area contributed by atoms with Crippen molar-refractivity contribution in [3.8, 4) is 0 Å². The molecule has 1 fully saturated rings. The number of rotatable bonds is 9. The Kier molecular flexibility index (Phi) is 8.27. The van der Waals surface area contributed by atoms with Gasteiger partial charge in [0.1, 0.15) is 10.6 Å². The minimum atomic E-state index is -3.68. The largest absolute Gasteiger partial charge is 0.448 e. The third-order valence-electron chi connectivity index (χ3n) is 5.47. The van der Waals surface area contributed by atoms with Crippen LogP contribution in [0.5, 0.6) is 0 Å². The predicted molar refractivity (Wildman–Crippen MR) is 110 cm³/mol. The Balaban J connectivity index is 1.99. The van der Waals surface area contributed by atoms with E-state index in [1.165, 1.54) is 47.3 Å². The molecule has 9 heteroatoms. The van der Waals surface area contributed by atoms with Crippen LogP contribution in [0.4, 0.5) is 0 Å². The zero-order valence-corrected chi connectivity index (χ0v) is 18.6. The van der Waals surface area contributed by atoms with E-state index in [4.69, 9.17) is 4.74 Å². The van der Waals surface area contributed by atoms with Crippen LogP contribution in [-0.4, -0.2) is 54.9 Å². The van der Waals surface area contributed by atoms with Crippen molar-refractivity contribution in [2.45, 2.75) is 63.9 Å². The molecule has 1 heterocycles. The van der Waals surface area contributed by atoms with Crippen LogP contribution in [0.15, 0.2) is 17.2 Å². The van der Waals surface area contributed by atoms with Gasteiger partial charge in [-0.15, -0.1) is 0 Å². The number of carbonyl (C=O) groups excluding carboxylic acids is 2.